The van der Waals surface area contributed by atoms with E-state index >= 15 is 0 Å². The van der Waals surface area contributed by atoms with E-state index in [0.717, 1.165) is 16.7 Å². The molecule has 1 amide bonds. The van der Waals surface area contributed by atoms with Gasteiger partial charge < -0.3 is 10.4 Å². The van der Waals surface area contributed by atoms with Gasteiger partial charge in [-0.2, -0.15) is 0 Å². The van der Waals surface area contributed by atoms with Crippen LogP contribution in [0.5, 0.6) is 0 Å². The first-order valence-electron chi connectivity index (χ1n) is 8.06. The van der Waals surface area contributed by atoms with Crippen LogP contribution in [0.1, 0.15) is 50.2 Å². The molecule has 2 aromatic rings. The smallest absolute Gasteiger partial charge is 0.335 e. The molecule has 2 N–H and O–H groups in total. The highest BCUT2D eigenvalue weighted by Gasteiger charge is 2.10. The Bertz CT molecular complexity index is 794. The second-order valence-corrected chi connectivity index (χ2v) is 6.00. The molecule has 0 saturated carbocycles. The number of benzene rings is 2. The molecule has 5 nitrogen and oxygen atoms in total. The Kier molecular flexibility index (Phi) is 6.06. The summed E-state index contributed by atoms with van der Waals surface area (Å²) in [6.07, 6.45) is 0.283. The van der Waals surface area contributed by atoms with Crippen molar-refractivity contribution in [3.05, 3.63) is 70.3 Å². The largest absolute Gasteiger partial charge is 0.478 e. The predicted molar refractivity (Wildman–Crippen MR) is 94.7 cm³/mol. The fourth-order valence-electron chi connectivity index (χ4n) is 2.34. The molecule has 0 spiro atoms. The summed E-state index contributed by atoms with van der Waals surface area (Å²) in [5.74, 6) is -1.25. The van der Waals surface area contributed by atoms with Crippen LogP contribution in [0.4, 0.5) is 0 Å². The highest BCUT2D eigenvalue weighted by Crippen LogP contribution is 2.12. The Hall–Kier alpha value is -2.95. The SMILES string of the molecule is Cc1ccc(C(=O)CCC(=O)NCc2ccc(C(=O)O)cc2)cc1C. The average molecular weight is 339 g/mol. The topological polar surface area (TPSA) is 83.5 Å². The second-order valence-electron chi connectivity index (χ2n) is 6.00. The summed E-state index contributed by atoms with van der Waals surface area (Å²) < 4.78 is 0. The standard InChI is InChI=1S/C20H21NO4/c1-13-3-6-17(11-14(13)2)18(22)9-10-19(23)21-12-15-4-7-16(8-5-15)20(24)25/h3-8,11H,9-10,12H2,1-2H3,(H,21,23)(H,24,25). The van der Waals surface area contributed by atoms with E-state index in [1.54, 1.807) is 18.2 Å². The van der Waals surface area contributed by atoms with Gasteiger partial charge in [0.2, 0.25) is 5.91 Å². The van der Waals surface area contributed by atoms with Gasteiger partial charge in [-0.3, -0.25) is 9.59 Å². The van der Waals surface area contributed by atoms with E-state index in [-0.39, 0.29) is 30.1 Å². The first-order valence-corrected chi connectivity index (χ1v) is 8.06. The normalized spacial score (nSPS) is 10.3. The van der Waals surface area contributed by atoms with Crippen LogP contribution in [0.3, 0.4) is 0 Å². The van der Waals surface area contributed by atoms with E-state index in [4.69, 9.17) is 5.11 Å². The van der Waals surface area contributed by atoms with Crippen molar-refractivity contribution in [2.75, 3.05) is 0 Å². The van der Waals surface area contributed by atoms with Gasteiger partial charge in [-0.15, -0.1) is 0 Å². The fourth-order valence-corrected chi connectivity index (χ4v) is 2.34. The summed E-state index contributed by atoms with van der Waals surface area (Å²) >= 11 is 0. The minimum atomic E-state index is -0.986. The van der Waals surface area contributed by atoms with Crippen LogP contribution in [0, 0.1) is 13.8 Å². The minimum Gasteiger partial charge on any atom is -0.478 e. The summed E-state index contributed by atoms with van der Waals surface area (Å²) in [4.78, 5) is 34.8. The number of nitrogens with one attached hydrogen (secondary N) is 1. The molecule has 0 atom stereocenters. The van der Waals surface area contributed by atoms with Crippen molar-refractivity contribution < 1.29 is 19.5 Å². The molecular weight excluding hydrogens is 318 g/mol. The van der Waals surface area contributed by atoms with Crippen LogP contribution < -0.4 is 5.32 Å². The Balaban J connectivity index is 1.81. The van der Waals surface area contributed by atoms with Crippen molar-refractivity contribution in [3.63, 3.8) is 0 Å². The summed E-state index contributed by atoms with van der Waals surface area (Å²) in [5.41, 5.74) is 3.82. The van der Waals surface area contributed by atoms with Crippen molar-refractivity contribution >= 4 is 17.7 Å². The van der Waals surface area contributed by atoms with Crippen LogP contribution in [0.25, 0.3) is 0 Å². The van der Waals surface area contributed by atoms with Crippen molar-refractivity contribution in [1.29, 1.82) is 0 Å². The first-order chi connectivity index (χ1) is 11.9. The molecule has 0 aliphatic heterocycles. The van der Waals surface area contributed by atoms with Crippen LogP contribution >= 0.6 is 0 Å². The van der Waals surface area contributed by atoms with Crippen LogP contribution in [-0.4, -0.2) is 22.8 Å². The quantitative estimate of drug-likeness (QED) is 0.758. The van der Waals surface area contributed by atoms with Gasteiger partial charge >= 0.3 is 5.97 Å². The molecule has 0 aromatic heterocycles. The lowest BCUT2D eigenvalue weighted by Gasteiger charge is -2.07. The molecule has 0 saturated heterocycles. The maximum absolute atomic E-state index is 12.2. The Morgan fingerprint density at radius 3 is 2.12 bits per heavy atom. The lowest BCUT2D eigenvalue weighted by Crippen LogP contribution is -2.23. The first kappa shape index (κ1) is 18.4. The number of carboxylic acid groups (broad SMARTS) is 1. The maximum Gasteiger partial charge on any atom is 0.335 e. The van der Waals surface area contributed by atoms with Crippen molar-refractivity contribution in [1.82, 2.24) is 5.32 Å². The number of carboxylic acids is 1. The maximum atomic E-state index is 12.2. The Morgan fingerprint density at radius 2 is 1.52 bits per heavy atom. The number of aromatic carboxylic acids is 1. The molecule has 2 aromatic carbocycles. The van der Waals surface area contributed by atoms with E-state index in [2.05, 4.69) is 5.32 Å². The monoisotopic (exact) mass is 339 g/mol. The molecule has 0 heterocycles. The molecular formula is C20H21NO4. The second kappa shape index (κ2) is 8.24. The summed E-state index contributed by atoms with van der Waals surface area (Å²) in [6.45, 7) is 4.24. The van der Waals surface area contributed by atoms with Crippen molar-refractivity contribution in [3.8, 4) is 0 Å². The van der Waals surface area contributed by atoms with Gasteiger partial charge in [0.05, 0.1) is 5.56 Å². The third kappa shape index (κ3) is 5.28. The van der Waals surface area contributed by atoms with Crippen LogP contribution in [0.2, 0.25) is 0 Å². The lowest BCUT2D eigenvalue weighted by atomic mass is 10.0. The highest BCUT2D eigenvalue weighted by molar-refractivity contribution is 5.98. The third-order valence-electron chi connectivity index (χ3n) is 4.10. The summed E-state index contributed by atoms with van der Waals surface area (Å²) in [5, 5.41) is 11.6. The van der Waals surface area contributed by atoms with Gasteiger partial charge in [-0.05, 0) is 48.7 Å². The number of aryl methyl sites for hydroxylation is 2. The van der Waals surface area contributed by atoms with Gasteiger partial charge in [0.25, 0.3) is 0 Å². The Labute approximate surface area is 146 Å². The average Bonchev–Trinajstić information content (AvgIpc) is 2.60. The number of amides is 1. The van der Waals surface area contributed by atoms with Gasteiger partial charge in [0.15, 0.2) is 5.78 Å². The van der Waals surface area contributed by atoms with E-state index in [1.807, 2.05) is 26.0 Å². The van der Waals surface area contributed by atoms with E-state index in [1.165, 1.54) is 12.1 Å². The molecule has 0 bridgehead atoms. The zero-order chi connectivity index (χ0) is 18.4. The Morgan fingerprint density at radius 1 is 0.880 bits per heavy atom. The molecule has 0 fully saturated rings. The number of rotatable bonds is 7. The molecule has 2 rings (SSSR count). The van der Waals surface area contributed by atoms with Gasteiger partial charge in [0, 0.05) is 24.9 Å². The number of carbonyl (C=O) groups is 3. The number of hydrogen-bond acceptors (Lipinski definition) is 3. The molecule has 5 heteroatoms. The lowest BCUT2D eigenvalue weighted by molar-refractivity contribution is -0.121. The molecule has 0 aliphatic rings. The predicted octanol–water partition coefficient (Wildman–Crippen LogP) is 3.28. The summed E-state index contributed by atoms with van der Waals surface area (Å²) in [6, 6.07) is 11.8. The van der Waals surface area contributed by atoms with Gasteiger partial charge in [-0.25, -0.2) is 4.79 Å². The van der Waals surface area contributed by atoms with Gasteiger partial charge in [-0.1, -0.05) is 24.3 Å². The van der Waals surface area contributed by atoms with E-state index in [9.17, 15) is 14.4 Å². The van der Waals surface area contributed by atoms with Gasteiger partial charge in [0.1, 0.15) is 0 Å². The van der Waals surface area contributed by atoms with Crippen molar-refractivity contribution in [2.45, 2.75) is 33.2 Å². The van der Waals surface area contributed by atoms with Crippen LogP contribution in [-0.2, 0) is 11.3 Å². The van der Waals surface area contributed by atoms with E-state index in [0.29, 0.717) is 12.1 Å². The summed E-state index contributed by atoms with van der Waals surface area (Å²) in [7, 11) is 0. The van der Waals surface area contributed by atoms with Crippen molar-refractivity contribution in [2.24, 2.45) is 0 Å². The van der Waals surface area contributed by atoms with E-state index < -0.39 is 5.97 Å². The zero-order valence-corrected chi connectivity index (χ0v) is 14.3. The molecule has 0 aliphatic carbocycles. The van der Waals surface area contributed by atoms with Crippen LogP contribution in [0.15, 0.2) is 42.5 Å². The zero-order valence-electron chi connectivity index (χ0n) is 14.3. The number of ketones is 1. The highest BCUT2D eigenvalue weighted by atomic mass is 16.4. The molecule has 0 radical (unpaired) electrons. The molecule has 0 unspecified atom stereocenters. The minimum absolute atomic E-state index is 0.0518. The fraction of sp³-hybridized carbons (Fsp3) is 0.250. The number of carbonyl (C=O) groups excluding carboxylic acids is 2. The molecule has 25 heavy (non-hydrogen) atoms. The number of Topliss-reactive ketones (excluding diaryl/α,β-unsaturated/α-hetero) is 1. The molecule has 130 valence electrons. The third-order valence-corrected chi connectivity index (χ3v) is 4.10. The number of hydrogen-bond donors (Lipinski definition) is 2.